The number of terminal acetylenes is 1. The molecule has 0 bridgehead atoms. The van der Waals surface area contributed by atoms with Crippen molar-refractivity contribution in [3.05, 3.63) is 33.1 Å². The molecule has 26 heavy (non-hydrogen) atoms. The van der Waals surface area contributed by atoms with Gasteiger partial charge >= 0.3 is 5.69 Å². The second-order valence-corrected chi connectivity index (χ2v) is 6.59. The lowest BCUT2D eigenvalue weighted by Crippen LogP contribution is -2.42. The zero-order valence-corrected chi connectivity index (χ0v) is 15.5. The standard InChI is InChI=1S/C18H26N2O6/c1-6-9-23-16-15(25-12(4)5)13(10-24-11(2)3)26-17(16)20-8-7-14(21)19-18(20)22/h1,7-8,11-13,15-17H,9-10H2,2-5H3,(H,19,21,22)/t13-,15+,16?,17-/m1/s1. The molecule has 2 rings (SSSR count). The molecule has 0 aliphatic carbocycles. The van der Waals surface area contributed by atoms with Crippen LogP contribution in [0.15, 0.2) is 21.9 Å². The number of aromatic nitrogens is 2. The average molecular weight is 366 g/mol. The summed E-state index contributed by atoms with van der Waals surface area (Å²) in [5, 5.41) is 0. The molecule has 2 heterocycles. The van der Waals surface area contributed by atoms with Crippen LogP contribution in [0.25, 0.3) is 0 Å². The van der Waals surface area contributed by atoms with Crippen molar-refractivity contribution < 1.29 is 18.9 Å². The fourth-order valence-electron chi connectivity index (χ4n) is 2.78. The number of hydrogen-bond acceptors (Lipinski definition) is 6. The molecule has 0 radical (unpaired) electrons. The Bertz CT molecular complexity index is 732. The van der Waals surface area contributed by atoms with Crippen LogP contribution in [0.2, 0.25) is 0 Å². The zero-order valence-electron chi connectivity index (χ0n) is 15.5. The molecule has 0 amide bonds. The molecule has 1 aromatic rings. The van der Waals surface area contributed by atoms with Crippen LogP contribution in [-0.4, -0.2) is 53.3 Å². The van der Waals surface area contributed by atoms with Gasteiger partial charge < -0.3 is 18.9 Å². The SMILES string of the molecule is C#CCOC1[C@@H](OC(C)C)[C@@H](COC(C)C)O[C@H]1n1ccc(=O)[nH]c1=O. The van der Waals surface area contributed by atoms with Gasteiger partial charge in [0, 0.05) is 12.3 Å². The van der Waals surface area contributed by atoms with Crippen LogP contribution < -0.4 is 11.2 Å². The second-order valence-electron chi connectivity index (χ2n) is 6.59. The van der Waals surface area contributed by atoms with E-state index in [2.05, 4.69) is 10.9 Å². The third-order valence-corrected chi connectivity index (χ3v) is 3.79. The Morgan fingerprint density at radius 1 is 1.27 bits per heavy atom. The first-order chi connectivity index (χ1) is 12.3. The van der Waals surface area contributed by atoms with Crippen LogP contribution >= 0.6 is 0 Å². The Hall–Kier alpha value is -1.92. The van der Waals surface area contributed by atoms with Crippen LogP contribution in [0.4, 0.5) is 0 Å². The number of nitrogens with zero attached hydrogens (tertiary/aromatic N) is 1. The second kappa shape index (κ2) is 9.14. The van der Waals surface area contributed by atoms with Gasteiger partial charge in [0.05, 0.1) is 18.8 Å². The first-order valence-electron chi connectivity index (χ1n) is 8.62. The lowest BCUT2D eigenvalue weighted by Gasteiger charge is -2.26. The Kier molecular flexibility index (Phi) is 7.17. The maximum atomic E-state index is 12.2. The summed E-state index contributed by atoms with van der Waals surface area (Å²) in [5.41, 5.74) is -1.08. The summed E-state index contributed by atoms with van der Waals surface area (Å²) in [6.07, 6.45) is 4.26. The molecule has 1 aromatic heterocycles. The Morgan fingerprint density at radius 3 is 2.58 bits per heavy atom. The topological polar surface area (TPSA) is 91.8 Å². The first kappa shape index (κ1) is 20.4. The monoisotopic (exact) mass is 366 g/mol. The summed E-state index contributed by atoms with van der Waals surface area (Å²) >= 11 is 0. The van der Waals surface area contributed by atoms with Gasteiger partial charge in [-0.3, -0.25) is 14.3 Å². The van der Waals surface area contributed by atoms with Gasteiger partial charge in [-0.25, -0.2) is 4.79 Å². The largest absolute Gasteiger partial charge is 0.376 e. The molecule has 1 aliphatic heterocycles. The highest BCUT2D eigenvalue weighted by molar-refractivity contribution is 4.96. The van der Waals surface area contributed by atoms with Gasteiger partial charge in [-0.1, -0.05) is 5.92 Å². The fourth-order valence-corrected chi connectivity index (χ4v) is 2.78. The van der Waals surface area contributed by atoms with Crippen molar-refractivity contribution in [2.75, 3.05) is 13.2 Å². The molecule has 0 aromatic carbocycles. The van der Waals surface area contributed by atoms with Crippen LogP contribution in [0.3, 0.4) is 0 Å². The summed E-state index contributed by atoms with van der Waals surface area (Å²) in [6, 6.07) is 1.25. The zero-order chi connectivity index (χ0) is 19.3. The van der Waals surface area contributed by atoms with Gasteiger partial charge in [0.25, 0.3) is 5.56 Å². The predicted molar refractivity (Wildman–Crippen MR) is 94.9 cm³/mol. The Balaban J connectivity index is 2.35. The van der Waals surface area contributed by atoms with Crippen molar-refractivity contribution in [2.45, 2.75) is 64.4 Å². The lowest BCUT2D eigenvalue weighted by atomic mass is 10.1. The summed E-state index contributed by atoms with van der Waals surface area (Å²) in [5.74, 6) is 2.42. The van der Waals surface area contributed by atoms with E-state index < -0.39 is 35.8 Å². The highest BCUT2D eigenvalue weighted by atomic mass is 16.6. The molecule has 1 aliphatic rings. The number of rotatable bonds is 8. The molecule has 0 spiro atoms. The number of nitrogens with one attached hydrogen (secondary N) is 1. The van der Waals surface area contributed by atoms with Crippen LogP contribution in [-0.2, 0) is 18.9 Å². The smallest absolute Gasteiger partial charge is 0.330 e. The number of H-pyrrole nitrogens is 1. The van der Waals surface area contributed by atoms with Gasteiger partial charge in [-0.2, -0.15) is 0 Å². The normalized spacial score (nSPS) is 25.7. The molecule has 8 nitrogen and oxygen atoms in total. The molecular formula is C18H26N2O6. The van der Waals surface area contributed by atoms with Gasteiger partial charge in [0.15, 0.2) is 6.23 Å². The highest BCUT2D eigenvalue weighted by Crippen LogP contribution is 2.33. The molecule has 8 heteroatoms. The Morgan fingerprint density at radius 2 is 2.00 bits per heavy atom. The van der Waals surface area contributed by atoms with Crippen molar-refractivity contribution in [2.24, 2.45) is 0 Å². The maximum Gasteiger partial charge on any atom is 0.330 e. The summed E-state index contributed by atoms with van der Waals surface area (Å²) in [4.78, 5) is 25.8. The minimum Gasteiger partial charge on any atom is -0.376 e. The third-order valence-electron chi connectivity index (χ3n) is 3.79. The van der Waals surface area contributed by atoms with Crippen LogP contribution in [0.5, 0.6) is 0 Å². The van der Waals surface area contributed by atoms with Gasteiger partial charge in [-0.15, -0.1) is 6.42 Å². The number of aromatic amines is 1. The third kappa shape index (κ3) is 5.05. The van der Waals surface area contributed by atoms with E-state index in [0.29, 0.717) is 0 Å². The van der Waals surface area contributed by atoms with E-state index in [-0.39, 0.29) is 25.4 Å². The average Bonchev–Trinajstić information content (AvgIpc) is 2.87. The molecule has 1 unspecified atom stereocenters. The van der Waals surface area contributed by atoms with E-state index in [0.717, 1.165) is 0 Å². The quantitative estimate of drug-likeness (QED) is 0.680. The van der Waals surface area contributed by atoms with Crippen molar-refractivity contribution >= 4 is 0 Å². The van der Waals surface area contributed by atoms with Gasteiger partial charge in [0.1, 0.15) is 24.9 Å². The summed E-state index contributed by atoms with van der Waals surface area (Å²) in [6.45, 7) is 7.96. The highest BCUT2D eigenvalue weighted by Gasteiger charge is 2.48. The van der Waals surface area contributed by atoms with Gasteiger partial charge in [0.2, 0.25) is 0 Å². The van der Waals surface area contributed by atoms with E-state index in [4.69, 9.17) is 25.4 Å². The molecule has 144 valence electrons. The van der Waals surface area contributed by atoms with Crippen molar-refractivity contribution in [3.63, 3.8) is 0 Å². The van der Waals surface area contributed by atoms with Crippen molar-refractivity contribution in [1.29, 1.82) is 0 Å². The summed E-state index contributed by atoms with van der Waals surface area (Å²) < 4.78 is 24.7. The molecular weight excluding hydrogens is 340 g/mol. The van der Waals surface area contributed by atoms with Crippen molar-refractivity contribution in [3.8, 4) is 12.3 Å². The molecule has 1 N–H and O–H groups in total. The van der Waals surface area contributed by atoms with E-state index in [1.165, 1.54) is 16.8 Å². The minimum atomic E-state index is -0.794. The molecule has 0 saturated carbocycles. The summed E-state index contributed by atoms with van der Waals surface area (Å²) in [7, 11) is 0. The van der Waals surface area contributed by atoms with E-state index in [9.17, 15) is 9.59 Å². The minimum absolute atomic E-state index is 0.0122. The van der Waals surface area contributed by atoms with E-state index in [1.807, 2.05) is 27.7 Å². The number of hydrogen-bond donors (Lipinski definition) is 1. The molecule has 4 atom stereocenters. The number of ether oxygens (including phenoxy) is 4. The predicted octanol–water partition coefficient (Wildman–Crippen LogP) is 0.671. The Labute approximate surface area is 152 Å². The molecule has 1 fully saturated rings. The maximum absolute atomic E-state index is 12.2. The fraction of sp³-hybridized carbons (Fsp3) is 0.667. The lowest BCUT2D eigenvalue weighted by molar-refractivity contribution is -0.101. The van der Waals surface area contributed by atoms with Crippen LogP contribution in [0.1, 0.15) is 33.9 Å². The van der Waals surface area contributed by atoms with Crippen LogP contribution in [0, 0.1) is 12.3 Å². The van der Waals surface area contributed by atoms with E-state index in [1.54, 1.807) is 0 Å². The first-order valence-corrected chi connectivity index (χ1v) is 8.62. The van der Waals surface area contributed by atoms with Crippen molar-refractivity contribution in [1.82, 2.24) is 9.55 Å². The van der Waals surface area contributed by atoms with E-state index >= 15 is 0 Å². The van der Waals surface area contributed by atoms with Gasteiger partial charge in [-0.05, 0) is 27.7 Å². The molecule has 1 saturated heterocycles.